The SMILES string of the molecule is O=C(O)NC(CO)(CCc1ccc(C(=O)CCCCc2ccccc2)cc1)COP(=O)(Oc1ccccc1)Oc1ccccc1. The molecule has 1 amide bonds. The first-order valence-electron chi connectivity index (χ1n) is 14.8. The van der Waals surface area contributed by atoms with Crippen molar-refractivity contribution < 1.29 is 37.9 Å². The summed E-state index contributed by atoms with van der Waals surface area (Å²) < 4.78 is 30.7. The Morgan fingerprint density at radius 2 is 1.24 bits per heavy atom. The zero-order valence-corrected chi connectivity index (χ0v) is 25.8. The van der Waals surface area contributed by atoms with Gasteiger partial charge >= 0.3 is 13.9 Å². The molecule has 0 saturated heterocycles. The Morgan fingerprint density at radius 1 is 0.711 bits per heavy atom. The predicted molar refractivity (Wildman–Crippen MR) is 172 cm³/mol. The Morgan fingerprint density at radius 3 is 1.78 bits per heavy atom. The highest BCUT2D eigenvalue weighted by Crippen LogP contribution is 2.50. The van der Waals surface area contributed by atoms with Crippen LogP contribution >= 0.6 is 7.82 Å². The van der Waals surface area contributed by atoms with Gasteiger partial charge in [0.2, 0.25) is 0 Å². The molecule has 4 aromatic rings. The highest BCUT2D eigenvalue weighted by molar-refractivity contribution is 7.49. The first-order valence-corrected chi connectivity index (χ1v) is 16.3. The number of carbonyl (C=O) groups excluding carboxylic acids is 1. The summed E-state index contributed by atoms with van der Waals surface area (Å²) in [5.41, 5.74) is 1.15. The second-order valence-electron chi connectivity index (χ2n) is 10.7. The number of unbranched alkanes of at least 4 members (excludes halogenated alkanes) is 1. The molecule has 4 rings (SSSR count). The molecule has 0 heterocycles. The lowest BCUT2D eigenvalue weighted by molar-refractivity contribution is 0.0768. The molecule has 0 aromatic heterocycles. The molecule has 3 N–H and O–H groups in total. The lowest BCUT2D eigenvalue weighted by Gasteiger charge is -2.32. The molecule has 10 heteroatoms. The number of amides is 1. The summed E-state index contributed by atoms with van der Waals surface area (Å²) in [6.07, 6.45) is 2.15. The van der Waals surface area contributed by atoms with Gasteiger partial charge in [0.05, 0.1) is 18.8 Å². The van der Waals surface area contributed by atoms with Gasteiger partial charge in [0.15, 0.2) is 5.78 Å². The largest absolute Gasteiger partial charge is 0.587 e. The van der Waals surface area contributed by atoms with E-state index in [1.54, 1.807) is 72.8 Å². The molecule has 4 aromatic carbocycles. The Bertz CT molecular complexity index is 1490. The number of aliphatic hydroxyl groups is 1. The minimum absolute atomic E-state index is 0.0628. The summed E-state index contributed by atoms with van der Waals surface area (Å²) in [5.74, 6) is 0.514. The molecule has 1 unspecified atom stereocenters. The topological polar surface area (TPSA) is 131 Å². The van der Waals surface area contributed by atoms with Gasteiger partial charge in [-0.3, -0.25) is 9.32 Å². The number of hydrogen-bond acceptors (Lipinski definition) is 7. The number of phosphoric acid groups is 1. The van der Waals surface area contributed by atoms with Crippen LogP contribution in [0.25, 0.3) is 0 Å². The van der Waals surface area contributed by atoms with Gasteiger partial charge in [-0.25, -0.2) is 9.36 Å². The molecule has 236 valence electrons. The molecule has 45 heavy (non-hydrogen) atoms. The normalized spacial score (nSPS) is 12.6. The first kappa shape index (κ1) is 33.5. The number of benzene rings is 4. The molecule has 0 aliphatic carbocycles. The lowest BCUT2D eigenvalue weighted by Crippen LogP contribution is -2.54. The number of carboxylic acid groups (broad SMARTS) is 1. The predicted octanol–water partition coefficient (Wildman–Crippen LogP) is 7.50. The fraction of sp³-hybridized carbons (Fsp3) is 0.257. The minimum Gasteiger partial charge on any atom is -0.465 e. The smallest absolute Gasteiger partial charge is 0.465 e. The highest BCUT2D eigenvalue weighted by atomic mass is 31.2. The first-order chi connectivity index (χ1) is 21.8. The maximum absolute atomic E-state index is 13.8. The Hall–Kier alpha value is -4.43. The highest BCUT2D eigenvalue weighted by Gasteiger charge is 2.39. The van der Waals surface area contributed by atoms with Crippen molar-refractivity contribution >= 4 is 19.7 Å². The minimum atomic E-state index is -4.34. The van der Waals surface area contributed by atoms with Crippen molar-refractivity contribution in [2.75, 3.05) is 13.2 Å². The number of Topliss-reactive ketones (excluding diaryl/α,β-unsaturated/α-hetero) is 1. The summed E-state index contributed by atoms with van der Waals surface area (Å²) in [4.78, 5) is 24.5. The molecule has 0 radical (unpaired) electrons. The summed E-state index contributed by atoms with van der Waals surface area (Å²) in [7, 11) is -4.34. The van der Waals surface area contributed by atoms with Gasteiger partial charge in [-0.05, 0) is 67.5 Å². The van der Waals surface area contributed by atoms with Gasteiger partial charge in [-0.2, -0.15) is 0 Å². The third-order valence-electron chi connectivity index (χ3n) is 7.22. The van der Waals surface area contributed by atoms with Crippen LogP contribution in [0.3, 0.4) is 0 Å². The van der Waals surface area contributed by atoms with Crippen LogP contribution in [0.1, 0.15) is 47.2 Å². The van der Waals surface area contributed by atoms with Gasteiger partial charge in [0.1, 0.15) is 11.5 Å². The van der Waals surface area contributed by atoms with E-state index in [-0.39, 0.29) is 23.7 Å². The number of nitrogens with one attached hydrogen (secondary N) is 1. The zero-order chi connectivity index (χ0) is 32.0. The number of para-hydroxylation sites is 2. The molecular weight excluding hydrogens is 593 g/mol. The maximum Gasteiger partial charge on any atom is 0.587 e. The molecule has 9 nitrogen and oxygen atoms in total. The third kappa shape index (κ3) is 10.9. The van der Waals surface area contributed by atoms with E-state index in [4.69, 9.17) is 13.6 Å². The van der Waals surface area contributed by atoms with Crippen molar-refractivity contribution in [2.45, 2.75) is 44.1 Å². The van der Waals surface area contributed by atoms with E-state index in [9.17, 15) is 24.4 Å². The summed E-state index contributed by atoms with van der Waals surface area (Å²) in [5, 5.41) is 22.3. The average Bonchev–Trinajstić information content (AvgIpc) is 3.06. The fourth-order valence-corrected chi connectivity index (χ4v) is 6.01. The third-order valence-corrected chi connectivity index (χ3v) is 8.54. The number of rotatable bonds is 18. The van der Waals surface area contributed by atoms with Crippen LogP contribution in [0.15, 0.2) is 115 Å². The second kappa shape index (κ2) is 16.6. The van der Waals surface area contributed by atoms with E-state index in [2.05, 4.69) is 17.4 Å². The van der Waals surface area contributed by atoms with Crippen molar-refractivity contribution in [3.05, 3.63) is 132 Å². The monoisotopic (exact) mass is 631 g/mol. The molecule has 0 saturated carbocycles. The number of phosphoric ester groups is 1. The van der Waals surface area contributed by atoms with Crippen LogP contribution in [0.2, 0.25) is 0 Å². The van der Waals surface area contributed by atoms with Gasteiger partial charge in [-0.1, -0.05) is 91.0 Å². The van der Waals surface area contributed by atoms with Gasteiger partial charge in [0, 0.05) is 12.0 Å². The molecule has 0 aliphatic heterocycles. The van der Waals surface area contributed by atoms with Crippen LogP contribution in [0, 0.1) is 0 Å². The number of hydrogen-bond donors (Lipinski definition) is 3. The number of ketones is 1. The van der Waals surface area contributed by atoms with Crippen molar-refractivity contribution in [3.8, 4) is 11.5 Å². The van der Waals surface area contributed by atoms with Gasteiger partial charge < -0.3 is 24.6 Å². The van der Waals surface area contributed by atoms with E-state index in [0.717, 1.165) is 24.8 Å². The molecular formula is C35H38NO8P. The molecule has 1 atom stereocenters. The average molecular weight is 632 g/mol. The lowest BCUT2D eigenvalue weighted by atomic mass is 9.92. The molecule has 0 fully saturated rings. The summed E-state index contributed by atoms with van der Waals surface area (Å²) in [6.45, 7) is -1.15. The van der Waals surface area contributed by atoms with Crippen molar-refractivity contribution in [3.63, 3.8) is 0 Å². The van der Waals surface area contributed by atoms with Crippen LogP contribution in [0.4, 0.5) is 4.79 Å². The van der Waals surface area contributed by atoms with E-state index in [1.807, 2.05) is 30.3 Å². The van der Waals surface area contributed by atoms with E-state index >= 15 is 0 Å². The Labute approximate surface area is 263 Å². The van der Waals surface area contributed by atoms with Crippen molar-refractivity contribution in [1.82, 2.24) is 5.32 Å². The Balaban J connectivity index is 1.38. The summed E-state index contributed by atoms with van der Waals surface area (Å²) in [6, 6.07) is 33.9. The number of carbonyl (C=O) groups is 2. The van der Waals surface area contributed by atoms with Crippen LogP contribution in [-0.2, 0) is 21.9 Å². The van der Waals surface area contributed by atoms with E-state index in [1.165, 1.54) is 5.56 Å². The van der Waals surface area contributed by atoms with Crippen LogP contribution in [0.5, 0.6) is 11.5 Å². The van der Waals surface area contributed by atoms with Crippen molar-refractivity contribution in [1.29, 1.82) is 0 Å². The zero-order valence-electron chi connectivity index (χ0n) is 24.9. The number of aryl methyl sites for hydroxylation is 2. The quantitative estimate of drug-likeness (QED) is 0.0585. The maximum atomic E-state index is 13.8. The molecule has 0 spiro atoms. The Kier molecular flexibility index (Phi) is 12.3. The van der Waals surface area contributed by atoms with Gasteiger partial charge in [0.25, 0.3) is 0 Å². The van der Waals surface area contributed by atoms with Crippen LogP contribution < -0.4 is 14.4 Å². The number of aliphatic hydroxyl groups excluding tert-OH is 1. The fourth-order valence-electron chi connectivity index (χ4n) is 4.70. The second-order valence-corrected chi connectivity index (χ2v) is 12.2. The summed E-state index contributed by atoms with van der Waals surface area (Å²) >= 11 is 0. The molecule has 0 aliphatic rings. The van der Waals surface area contributed by atoms with Crippen molar-refractivity contribution in [2.24, 2.45) is 0 Å². The van der Waals surface area contributed by atoms with E-state index < -0.39 is 32.7 Å². The van der Waals surface area contributed by atoms with E-state index in [0.29, 0.717) is 18.4 Å². The van der Waals surface area contributed by atoms with Gasteiger partial charge in [-0.15, -0.1) is 0 Å². The standard InChI is InChI=1S/C35H38NO8P/c37-26-35(36-34(39)40,27-42-45(41,43-31-15-6-2-7-16-31)44-32-17-8-3-9-18-32)25-24-29-20-22-30(23-21-29)33(38)19-11-10-14-28-12-4-1-5-13-28/h1-9,12-13,15-18,20-23,36-37H,10-11,14,19,24-27H2,(H,39,40). The van der Waals surface area contributed by atoms with Crippen LogP contribution in [-0.4, -0.2) is 40.8 Å². The molecule has 0 bridgehead atoms.